The Hall–Kier alpha value is -2.49. The zero-order chi connectivity index (χ0) is 22.7. The lowest BCUT2D eigenvalue weighted by Crippen LogP contribution is -2.48. The van der Waals surface area contributed by atoms with Gasteiger partial charge in [0.05, 0.1) is 25.8 Å². The van der Waals surface area contributed by atoms with Crippen molar-refractivity contribution < 1.29 is 27.4 Å². The second-order valence-corrected chi connectivity index (χ2v) is 7.31. The van der Waals surface area contributed by atoms with E-state index in [0.717, 1.165) is 18.4 Å². The SMILES string of the molecule is CCNC(=NCc1ccc(COCC(F)(F)F)cc1)NCC(NC(=O)OCC)C1CC1. The Balaban J connectivity index is 1.85. The third-order valence-corrected chi connectivity index (χ3v) is 4.58. The fraction of sp³-hybridized carbons (Fsp3) is 0.619. The molecule has 1 fully saturated rings. The van der Waals surface area contributed by atoms with Crippen LogP contribution in [0.1, 0.15) is 37.8 Å². The van der Waals surface area contributed by atoms with Crippen molar-refractivity contribution in [1.29, 1.82) is 0 Å². The van der Waals surface area contributed by atoms with E-state index in [2.05, 4.69) is 25.7 Å². The monoisotopic (exact) mass is 444 g/mol. The average Bonchev–Trinajstić information content (AvgIpc) is 3.54. The Morgan fingerprint density at radius 2 is 1.84 bits per heavy atom. The van der Waals surface area contributed by atoms with Crippen LogP contribution < -0.4 is 16.0 Å². The first-order valence-electron chi connectivity index (χ1n) is 10.5. The van der Waals surface area contributed by atoms with Gasteiger partial charge < -0.3 is 25.4 Å². The Morgan fingerprint density at radius 3 is 2.42 bits per heavy atom. The molecule has 1 atom stereocenters. The number of amides is 1. The van der Waals surface area contributed by atoms with Gasteiger partial charge in [-0.1, -0.05) is 24.3 Å². The highest BCUT2D eigenvalue weighted by Crippen LogP contribution is 2.32. The minimum Gasteiger partial charge on any atom is -0.450 e. The molecule has 0 aliphatic heterocycles. The Bertz CT molecular complexity index is 707. The van der Waals surface area contributed by atoms with Gasteiger partial charge in [0.25, 0.3) is 0 Å². The van der Waals surface area contributed by atoms with Gasteiger partial charge >= 0.3 is 12.3 Å². The molecule has 1 amide bonds. The van der Waals surface area contributed by atoms with Gasteiger partial charge in [-0.15, -0.1) is 0 Å². The molecule has 2 rings (SSSR count). The fourth-order valence-electron chi connectivity index (χ4n) is 2.90. The zero-order valence-electron chi connectivity index (χ0n) is 17.9. The number of carbonyl (C=O) groups excluding carboxylic acids is 1. The number of hydrogen-bond donors (Lipinski definition) is 3. The lowest BCUT2D eigenvalue weighted by atomic mass is 10.1. The zero-order valence-corrected chi connectivity index (χ0v) is 17.9. The maximum atomic E-state index is 12.1. The highest BCUT2D eigenvalue weighted by molar-refractivity contribution is 5.79. The molecule has 1 unspecified atom stereocenters. The number of ether oxygens (including phenoxy) is 2. The predicted octanol–water partition coefficient (Wildman–Crippen LogP) is 3.35. The molecule has 31 heavy (non-hydrogen) atoms. The highest BCUT2D eigenvalue weighted by atomic mass is 19.4. The molecule has 1 aromatic carbocycles. The summed E-state index contributed by atoms with van der Waals surface area (Å²) in [5, 5.41) is 9.32. The van der Waals surface area contributed by atoms with Crippen molar-refractivity contribution in [3.8, 4) is 0 Å². The topological polar surface area (TPSA) is 84.0 Å². The smallest absolute Gasteiger partial charge is 0.411 e. The van der Waals surface area contributed by atoms with E-state index >= 15 is 0 Å². The first-order chi connectivity index (χ1) is 14.8. The van der Waals surface area contributed by atoms with E-state index in [9.17, 15) is 18.0 Å². The van der Waals surface area contributed by atoms with Gasteiger partial charge in [0, 0.05) is 13.1 Å². The van der Waals surface area contributed by atoms with E-state index in [1.165, 1.54) is 0 Å². The number of nitrogens with one attached hydrogen (secondary N) is 3. The first-order valence-corrected chi connectivity index (χ1v) is 10.5. The number of benzene rings is 1. The van der Waals surface area contributed by atoms with E-state index in [1.807, 2.05) is 19.1 Å². The Morgan fingerprint density at radius 1 is 1.16 bits per heavy atom. The van der Waals surface area contributed by atoms with Crippen LogP contribution in [0.25, 0.3) is 0 Å². The molecule has 0 spiro atoms. The second kappa shape index (κ2) is 12.4. The molecule has 1 aliphatic carbocycles. The summed E-state index contributed by atoms with van der Waals surface area (Å²) >= 11 is 0. The van der Waals surface area contributed by atoms with E-state index in [1.54, 1.807) is 19.1 Å². The third-order valence-electron chi connectivity index (χ3n) is 4.58. The van der Waals surface area contributed by atoms with Gasteiger partial charge in [-0.25, -0.2) is 9.79 Å². The molecule has 174 valence electrons. The molecular weight excluding hydrogens is 413 g/mol. The average molecular weight is 444 g/mol. The molecule has 1 aromatic rings. The van der Waals surface area contributed by atoms with E-state index in [4.69, 9.17) is 4.74 Å². The van der Waals surface area contributed by atoms with Gasteiger partial charge in [0.2, 0.25) is 0 Å². The third kappa shape index (κ3) is 10.4. The Labute approximate surface area is 180 Å². The summed E-state index contributed by atoms with van der Waals surface area (Å²) in [5.41, 5.74) is 1.58. The largest absolute Gasteiger partial charge is 0.450 e. The van der Waals surface area contributed by atoms with Crippen molar-refractivity contribution in [2.75, 3.05) is 26.3 Å². The van der Waals surface area contributed by atoms with Gasteiger partial charge in [-0.3, -0.25) is 0 Å². The minimum atomic E-state index is -4.32. The van der Waals surface area contributed by atoms with Crippen LogP contribution in [0.4, 0.5) is 18.0 Å². The summed E-state index contributed by atoms with van der Waals surface area (Å²) < 4.78 is 46.1. The van der Waals surface area contributed by atoms with Crippen LogP contribution in [0, 0.1) is 5.92 Å². The molecule has 0 saturated heterocycles. The number of alkyl carbamates (subject to hydrolysis) is 1. The van der Waals surface area contributed by atoms with Gasteiger partial charge in [-0.2, -0.15) is 13.2 Å². The van der Waals surface area contributed by atoms with Crippen LogP contribution in [0.5, 0.6) is 0 Å². The van der Waals surface area contributed by atoms with Crippen molar-refractivity contribution in [2.45, 2.75) is 52.1 Å². The van der Waals surface area contributed by atoms with Crippen molar-refractivity contribution in [2.24, 2.45) is 10.9 Å². The summed E-state index contributed by atoms with van der Waals surface area (Å²) in [5.74, 6) is 1.06. The summed E-state index contributed by atoms with van der Waals surface area (Å²) in [7, 11) is 0. The molecule has 10 heteroatoms. The second-order valence-electron chi connectivity index (χ2n) is 7.31. The van der Waals surface area contributed by atoms with Gasteiger partial charge in [0.15, 0.2) is 5.96 Å². The Kier molecular flexibility index (Phi) is 9.90. The molecule has 0 aromatic heterocycles. The summed E-state index contributed by atoms with van der Waals surface area (Å²) in [6.07, 6.45) is -2.59. The fourth-order valence-corrected chi connectivity index (χ4v) is 2.90. The number of rotatable bonds is 11. The molecular formula is C21H31F3N4O3. The lowest BCUT2D eigenvalue weighted by Gasteiger charge is -2.20. The highest BCUT2D eigenvalue weighted by Gasteiger charge is 2.32. The van der Waals surface area contributed by atoms with E-state index in [-0.39, 0.29) is 12.6 Å². The molecule has 3 N–H and O–H groups in total. The van der Waals surface area contributed by atoms with Crippen LogP contribution >= 0.6 is 0 Å². The van der Waals surface area contributed by atoms with Crippen molar-refractivity contribution in [3.63, 3.8) is 0 Å². The molecule has 0 heterocycles. The van der Waals surface area contributed by atoms with Gasteiger partial charge in [0.1, 0.15) is 6.61 Å². The minimum absolute atomic E-state index is 0.0288. The van der Waals surface area contributed by atoms with Crippen molar-refractivity contribution >= 4 is 12.1 Å². The van der Waals surface area contributed by atoms with E-state index < -0.39 is 18.9 Å². The van der Waals surface area contributed by atoms with Crippen LogP contribution in [0.2, 0.25) is 0 Å². The van der Waals surface area contributed by atoms with Crippen LogP contribution in [-0.4, -0.2) is 50.6 Å². The normalized spacial score (nSPS) is 15.3. The number of halogens is 3. The number of aliphatic imine (C=N–C) groups is 1. The maximum absolute atomic E-state index is 12.1. The molecule has 7 nitrogen and oxygen atoms in total. The number of hydrogen-bond acceptors (Lipinski definition) is 4. The number of guanidine groups is 1. The summed E-state index contributed by atoms with van der Waals surface area (Å²) in [6, 6.07) is 7.06. The van der Waals surface area contributed by atoms with Crippen molar-refractivity contribution in [3.05, 3.63) is 35.4 Å². The molecule has 1 aliphatic rings. The summed E-state index contributed by atoms with van der Waals surface area (Å²) in [4.78, 5) is 16.3. The molecule has 0 bridgehead atoms. The van der Waals surface area contributed by atoms with Crippen molar-refractivity contribution in [1.82, 2.24) is 16.0 Å². The number of carbonyl (C=O) groups is 1. The number of alkyl halides is 3. The van der Waals surface area contributed by atoms with E-state index in [0.29, 0.717) is 43.7 Å². The standard InChI is InChI=1S/C21H31F3N4O3/c1-3-25-19(27-12-18(17-9-10-17)28-20(29)31-4-2)26-11-15-5-7-16(8-6-15)13-30-14-21(22,23)24/h5-8,17-18H,3-4,9-14H2,1-2H3,(H,28,29)(H2,25,26,27). The first kappa shape index (κ1) is 24.8. The van der Waals surface area contributed by atoms with Crippen LogP contribution in [0.3, 0.4) is 0 Å². The molecule has 0 radical (unpaired) electrons. The van der Waals surface area contributed by atoms with Crippen LogP contribution in [0.15, 0.2) is 29.3 Å². The lowest BCUT2D eigenvalue weighted by molar-refractivity contribution is -0.176. The van der Waals surface area contributed by atoms with Crippen LogP contribution in [-0.2, 0) is 22.6 Å². The number of nitrogens with zero attached hydrogens (tertiary/aromatic N) is 1. The summed E-state index contributed by atoms with van der Waals surface area (Å²) in [6.45, 7) is 4.31. The van der Waals surface area contributed by atoms with Gasteiger partial charge in [-0.05, 0) is 43.7 Å². The quantitative estimate of drug-likeness (QED) is 0.360. The predicted molar refractivity (Wildman–Crippen MR) is 112 cm³/mol. The molecule has 1 saturated carbocycles. The maximum Gasteiger partial charge on any atom is 0.411 e.